The maximum absolute atomic E-state index is 12.8. The monoisotopic (exact) mass is 482 g/mol. The first kappa shape index (κ1) is 25.3. The summed E-state index contributed by atoms with van der Waals surface area (Å²) >= 11 is 12.2. The predicted molar refractivity (Wildman–Crippen MR) is 130 cm³/mol. The van der Waals surface area contributed by atoms with Crippen LogP contribution in [0.5, 0.6) is 0 Å². The minimum absolute atomic E-state index is 0.0410. The standard InChI is InChI=1S/C25H36Cl2N2O3/c1-25(2,3)32-24(31)28-20-7-4-17(5-8-20)10-13-29-14-11-18(12-15-29)23(30)21-9-6-19(26)16-22(21)27/h6,9,16-18,20H,4-5,7-8,10-15H2,1-3H3,(H,28,31). The Bertz CT molecular complexity index is 793. The third-order valence-electron chi connectivity index (χ3n) is 6.58. The topological polar surface area (TPSA) is 58.6 Å². The van der Waals surface area contributed by atoms with Gasteiger partial charge in [-0.15, -0.1) is 0 Å². The van der Waals surface area contributed by atoms with E-state index in [1.54, 1.807) is 18.2 Å². The Morgan fingerprint density at radius 3 is 2.31 bits per heavy atom. The SMILES string of the molecule is CC(C)(C)OC(=O)NC1CCC(CCN2CCC(C(=O)c3ccc(Cl)cc3Cl)CC2)CC1. The number of rotatable bonds is 6. The Morgan fingerprint density at radius 1 is 1.06 bits per heavy atom. The highest BCUT2D eigenvalue weighted by Crippen LogP contribution is 2.30. The van der Waals surface area contributed by atoms with Crippen LogP contribution in [-0.4, -0.2) is 48.1 Å². The van der Waals surface area contributed by atoms with Crippen LogP contribution in [0.3, 0.4) is 0 Å². The minimum atomic E-state index is -0.458. The van der Waals surface area contributed by atoms with E-state index in [9.17, 15) is 9.59 Å². The van der Waals surface area contributed by atoms with Gasteiger partial charge in [0.1, 0.15) is 5.60 Å². The molecule has 1 amide bonds. The molecule has 1 N–H and O–H groups in total. The average molecular weight is 483 g/mol. The fraction of sp³-hybridized carbons (Fsp3) is 0.680. The molecule has 2 aliphatic rings. The van der Waals surface area contributed by atoms with E-state index in [-0.39, 0.29) is 23.8 Å². The summed E-state index contributed by atoms with van der Waals surface area (Å²) in [5.41, 5.74) is 0.131. The summed E-state index contributed by atoms with van der Waals surface area (Å²) in [5.74, 6) is 0.889. The molecule has 178 valence electrons. The van der Waals surface area contributed by atoms with Crippen LogP contribution in [0, 0.1) is 11.8 Å². The first-order valence-electron chi connectivity index (χ1n) is 11.8. The summed E-state index contributed by atoms with van der Waals surface area (Å²) in [4.78, 5) is 27.3. The maximum atomic E-state index is 12.8. The molecule has 3 rings (SSSR count). The Balaban J connectivity index is 1.34. The number of nitrogens with zero attached hydrogens (tertiary/aromatic N) is 1. The van der Waals surface area contributed by atoms with Crippen LogP contribution in [-0.2, 0) is 4.74 Å². The molecular weight excluding hydrogens is 447 g/mol. The van der Waals surface area contributed by atoms with Gasteiger partial charge >= 0.3 is 6.09 Å². The van der Waals surface area contributed by atoms with Crippen LogP contribution in [0.25, 0.3) is 0 Å². The van der Waals surface area contributed by atoms with E-state index in [0.29, 0.717) is 21.5 Å². The van der Waals surface area contributed by atoms with Gasteiger partial charge < -0.3 is 15.0 Å². The van der Waals surface area contributed by atoms with Gasteiger partial charge in [-0.1, -0.05) is 23.2 Å². The van der Waals surface area contributed by atoms with Crippen LogP contribution >= 0.6 is 23.2 Å². The minimum Gasteiger partial charge on any atom is -0.444 e. The molecule has 0 bridgehead atoms. The first-order chi connectivity index (χ1) is 15.1. The van der Waals surface area contributed by atoms with Crippen molar-refractivity contribution in [2.75, 3.05) is 19.6 Å². The molecule has 0 spiro atoms. The average Bonchev–Trinajstić information content (AvgIpc) is 2.72. The lowest BCUT2D eigenvalue weighted by atomic mass is 9.83. The van der Waals surface area contributed by atoms with E-state index in [4.69, 9.17) is 27.9 Å². The molecule has 2 fully saturated rings. The molecule has 5 nitrogen and oxygen atoms in total. The fourth-order valence-corrected chi connectivity index (χ4v) is 5.26. The Labute approximate surface area is 202 Å². The van der Waals surface area contributed by atoms with Gasteiger partial charge in [0.25, 0.3) is 0 Å². The van der Waals surface area contributed by atoms with E-state index in [0.717, 1.165) is 58.2 Å². The van der Waals surface area contributed by atoms with Crippen molar-refractivity contribution in [1.82, 2.24) is 10.2 Å². The zero-order valence-corrected chi connectivity index (χ0v) is 21.0. The number of ketones is 1. The molecule has 1 aliphatic carbocycles. The quantitative estimate of drug-likeness (QED) is 0.479. The van der Waals surface area contributed by atoms with Crippen molar-refractivity contribution in [1.29, 1.82) is 0 Å². The van der Waals surface area contributed by atoms with Gasteiger partial charge in [0.15, 0.2) is 5.78 Å². The van der Waals surface area contributed by atoms with Crippen LogP contribution < -0.4 is 5.32 Å². The number of hydrogen-bond donors (Lipinski definition) is 1. The molecule has 0 radical (unpaired) electrons. The van der Waals surface area contributed by atoms with Gasteiger partial charge in [-0.3, -0.25) is 4.79 Å². The van der Waals surface area contributed by atoms with Gasteiger partial charge in [0, 0.05) is 22.5 Å². The van der Waals surface area contributed by atoms with E-state index >= 15 is 0 Å². The van der Waals surface area contributed by atoms with Crippen LogP contribution in [0.4, 0.5) is 4.79 Å². The number of likely N-dealkylation sites (tertiary alicyclic amines) is 1. The summed E-state index contributed by atoms with van der Waals surface area (Å²) in [7, 11) is 0. The van der Waals surface area contributed by atoms with Crippen molar-refractivity contribution in [3.8, 4) is 0 Å². The molecule has 0 aromatic heterocycles. The molecular formula is C25H36Cl2N2O3. The van der Waals surface area contributed by atoms with Crippen molar-refractivity contribution in [3.05, 3.63) is 33.8 Å². The number of nitrogens with one attached hydrogen (secondary N) is 1. The second-order valence-electron chi connectivity index (χ2n) is 10.3. The number of carbonyl (C=O) groups excluding carboxylic acids is 2. The Kier molecular flexibility index (Phi) is 8.88. The highest BCUT2D eigenvalue weighted by atomic mass is 35.5. The molecule has 0 unspecified atom stereocenters. The zero-order chi connectivity index (χ0) is 23.3. The molecule has 1 saturated carbocycles. The van der Waals surface area contributed by atoms with Crippen molar-refractivity contribution in [3.63, 3.8) is 0 Å². The predicted octanol–water partition coefficient (Wildman–Crippen LogP) is 6.36. The summed E-state index contributed by atoms with van der Waals surface area (Å²) in [5, 5.41) is 4.01. The molecule has 1 aromatic carbocycles. The summed E-state index contributed by atoms with van der Waals surface area (Å²) in [6, 6.07) is 5.34. The molecule has 1 heterocycles. The molecule has 1 aromatic rings. The lowest BCUT2D eigenvalue weighted by molar-refractivity contribution is 0.0485. The van der Waals surface area contributed by atoms with Crippen molar-refractivity contribution < 1.29 is 14.3 Å². The Morgan fingerprint density at radius 2 is 1.72 bits per heavy atom. The number of carbonyl (C=O) groups is 2. The van der Waals surface area contributed by atoms with Crippen LogP contribution in [0.1, 0.15) is 76.1 Å². The summed E-state index contributed by atoms with van der Waals surface area (Å²) in [6.45, 7) is 8.64. The molecule has 1 saturated heterocycles. The zero-order valence-electron chi connectivity index (χ0n) is 19.5. The third kappa shape index (κ3) is 7.64. The molecule has 1 aliphatic heterocycles. The lowest BCUT2D eigenvalue weighted by Gasteiger charge is -2.34. The van der Waals surface area contributed by atoms with Gasteiger partial charge in [0.2, 0.25) is 0 Å². The number of benzene rings is 1. The van der Waals surface area contributed by atoms with E-state index in [2.05, 4.69) is 10.2 Å². The molecule has 7 heteroatoms. The van der Waals surface area contributed by atoms with Gasteiger partial charge in [-0.05, 0) is 109 Å². The third-order valence-corrected chi connectivity index (χ3v) is 7.12. The number of ether oxygens (including phenoxy) is 1. The smallest absolute Gasteiger partial charge is 0.407 e. The highest BCUT2D eigenvalue weighted by molar-refractivity contribution is 6.36. The van der Waals surface area contributed by atoms with Crippen LogP contribution in [0.15, 0.2) is 18.2 Å². The molecule has 32 heavy (non-hydrogen) atoms. The number of halogens is 2. The lowest BCUT2D eigenvalue weighted by Crippen LogP contribution is -2.41. The fourth-order valence-electron chi connectivity index (χ4n) is 4.76. The van der Waals surface area contributed by atoms with E-state index in [1.807, 2.05) is 20.8 Å². The largest absolute Gasteiger partial charge is 0.444 e. The second kappa shape index (κ2) is 11.2. The van der Waals surface area contributed by atoms with Crippen molar-refractivity contribution in [2.45, 2.75) is 77.4 Å². The van der Waals surface area contributed by atoms with Crippen molar-refractivity contribution >= 4 is 35.1 Å². The van der Waals surface area contributed by atoms with Gasteiger partial charge in [-0.2, -0.15) is 0 Å². The van der Waals surface area contributed by atoms with Crippen molar-refractivity contribution in [2.24, 2.45) is 11.8 Å². The number of alkyl carbamates (subject to hydrolysis) is 1. The maximum Gasteiger partial charge on any atom is 0.407 e. The van der Waals surface area contributed by atoms with Crippen LogP contribution in [0.2, 0.25) is 10.0 Å². The number of piperidine rings is 1. The normalized spacial score (nSPS) is 23.0. The number of hydrogen-bond acceptors (Lipinski definition) is 4. The summed E-state index contributed by atoms with van der Waals surface area (Å²) < 4.78 is 5.37. The first-order valence-corrected chi connectivity index (χ1v) is 12.6. The highest BCUT2D eigenvalue weighted by Gasteiger charge is 2.28. The van der Waals surface area contributed by atoms with Gasteiger partial charge in [-0.25, -0.2) is 4.79 Å². The van der Waals surface area contributed by atoms with Gasteiger partial charge in [0.05, 0.1) is 5.02 Å². The summed E-state index contributed by atoms with van der Waals surface area (Å²) in [6.07, 6.45) is 6.95. The Hall–Kier alpha value is -1.30. The number of Topliss-reactive ketones (excluding diaryl/α,β-unsaturated/α-hetero) is 1. The molecule has 0 atom stereocenters. The second-order valence-corrected chi connectivity index (χ2v) is 11.1. The number of amides is 1. The van der Waals surface area contributed by atoms with E-state index in [1.165, 1.54) is 6.42 Å². The van der Waals surface area contributed by atoms with E-state index < -0.39 is 5.60 Å².